The average Bonchev–Trinajstić information content (AvgIpc) is 2.29. The molecule has 1 atom stereocenters. The van der Waals surface area contributed by atoms with Crippen LogP contribution in [0.15, 0.2) is 18.2 Å². The van der Waals surface area contributed by atoms with Gasteiger partial charge < -0.3 is 10.0 Å². The van der Waals surface area contributed by atoms with Crippen LogP contribution in [-0.4, -0.2) is 35.0 Å². The molecule has 0 saturated carbocycles. The summed E-state index contributed by atoms with van der Waals surface area (Å²) in [6.07, 6.45) is 0. The van der Waals surface area contributed by atoms with Gasteiger partial charge in [0.25, 0.3) is 5.91 Å². The predicted molar refractivity (Wildman–Crippen MR) is 65.7 cm³/mol. The maximum Gasteiger partial charge on any atom is 0.326 e. The molecule has 1 amide bonds. The van der Waals surface area contributed by atoms with Crippen LogP contribution in [0.5, 0.6) is 0 Å². The first-order valence-corrected chi connectivity index (χ1v) is 5.55. The van der Waals surface area contributed by atoms with E-state index in [-0.39, 0.29) is 5.02 Å². The Labute approximate surface area is 109 Å². The lowest BCUT2D eigenvalue weighted by Gasteiger charge is -2.21. The molecule has 1 aromatic rings. The van der Waals surface area contributed by atoms with Crippen molar-refractivity contribution in [3.8, 4) is 0 Å². The van der Waals surface area contributed by atoms with Gasteiger partial charge in [-0.15, -0.1) is 0 Å². The minimum atomic E-state index is -1.07. The fourth-order valence-electron chi connectivity index (χ4n) is 1.17. The Kier molecular flexibility index (Phi) is 4.37. The van der Waals surface area contributed by atoms with Crippen molar-refractivity contribution in [3.63, 3.8) is 0 Å². The Bertz CT molecular complexity index is 462. The lowest BCUT2D eigenvalue weighted by Crippen LogP contribution is -2.40. The van der Waals surface area contributed by atoms with Crippen LogP contribution in [0.1, 0.15) is 17.3 Å². The first-order valence-electron chi connectivity index (χ1n) is 4.79. The van der Waals surface area contributed by atoms with Gasteiger partial charge in [0.1, 0.15) is 6.04 Å². The van der Waals surface area contributed by atoms with Crippen molar-refractivity contribution in [2.75, 3.05) is 7.05 Å². The molecule has 0 aromatic heterocycles. The van der Waals surface area contributed by atoms with E-state index in [1.807, 2.05) is 0 Å². The van der Waals surface area contributed by atoms with E-state index >= 15 is 0 Å². The summed E-state index contributed by atoms with van der Waals surface area (Å²) in [5.41, 5.74) is 0.301. The third kappa shape index (κ3) is 3.11. The molecule has 1 rings (SSSR count). The normalized spacial score (nSPS) is 12.0. The molecule has 0 saturated heterocycles. The van der Waals surface area contributed by atoms with E-state index in [1.165, 1.54) is 32.2 Å². The number of carbonyl (C=O) groups is 2. The van der Waals surface area contributed by atoms with Crippen LogP contribution in [0.2, 0.25) is 10.0 Å². The zero-order chi connectivity index (χ0) is 13.2. The second kappa shape index (κ2) is 5.38. The van der Waals surface area contributed by atoms with Crippen molar-refractivity contribution < 1.29 is 14.7 Å². The van der Waals surface area contributed by atoms with E-state index in [9.17, 15) is 9.59 Å². The summed E-state index contributed by atoms with van der Waals surface area (Å²) in [6.45, 7) is 1.43. The summed E-state index contributed by atoms with van der Waals surface area (Å²) in [6, 6.07) is 3.51. The van der Waals surface area contributed by atoms with Crippen LogP contribution in [0.4, 0.5) is 0 Å². The molecule has 0 aliphatic carbocycles. The van der Waals surface area contributed by atoms with E-state index in [0.717, 1.165) is 4.90 Å². The van der Waals surface area contributed by atoms with E-state index in [4.69, 9.17) is 28.3 Å². The smallest absolute Gasteiger partial charge is 0.326 e. The molecule has 0 heterocycles. The number of carbonyl (C=O) groups excluding carboxylic acids is 1. The van der Waals surface area contributed by atoms with Crippen LogP contribution in [0.3, 0.4) is 0 Å². The summed E-state index contributed by atoms with van der Waals surface area (Å²) in [4.78, 5) is 23.8. The Hall–Kier alpha value is -1.26. The number of likely N-dealkylation sites (N-methyl/N-ethyl adjacent to an activating group) is 1. The molecule has 6 heteroatoms. The van der Waals surface area contributed by atoms with Crippen molar-refractivity contribution in [1.82, 2.24) is 4.90 Å². The molecule has 0 fully saturated rings. The minimum absolute atomic E-state index is 0.258. The summed E-state index contributed by atoms with van der Waals surface area (Å²) in [5.74, 6) is -1.49. The van der Waals surface area contributed by atoms with Gasteiger partial charge in [-0.25, -0.2) is 4.79 Å². The quantitative estimate of drug-likeness (QED) is 0.922. The van der Waals surface area contributed by atoms with Crippen LogP contribution < -0.4 is 0 Å². The molecule has 0 spiro atoms. The van der Waals surface area contributed by atoms with Gasteiger partial charge in [-0.3, -0.25) is 4.79 Å². The Morgan fingerprint density at radius 3 is 2.35 bits per heavy atom. The van der Waals surface area contributed by atoms with Gasteiger partial charge in [0.15, 0.2) is 0 Å². The molecular formula is C11H11Cl2NO3. The lowest BCUT2D eigenvalue weighted by atomic mass is 10.2. The van der Waals surface area contributed by atoms with Crippen molar-refractivity contribution in [3.05, 3.63) is 33.8 Å². The van der Waals surface area contributed by atoms with Crippen molar-refractivity contribution in [2.45, 2.75) is 13.0 Å². The highest BCUT2D eigenvalue weighted by Crippen LogP contribution is 2.23. The van der Waals surface area contributed by atoms with E-state index in [2.05, 4.69) is 0 Å². The number of amides is 1. The second-order valence-corrected chi connectivity index (χ2v) is 4.37. The molecule has 0 aliphatic rings. The molecule has 1 aromatic carbocycles. The molecule has 0 aliphatic heterocycles. The molecule has 1 N–H and O–H groups in total. The highest BCUT2D eigenvalue weighted by Gasteiger charge is 2.22. The molecule has 0 unspecified atom stereocenters. The summed E-state index contributed by atoms with van der Waals surface area (Å²) in [7, 11) is 1.42. The van der Waals surface area contributed by atoms with Crippen molar-refractivity contribution >= 4 is 35.1 Å². The summed E-state index contributed by atoms with van der Waals surface area (Å²) >= 11 is 11.5. The van der Waals surface area contributed by atoms with Gasteiger partial charge >= 0.3 is 5.97 Å². The van der Waals surface area contributed by atoms with Crippen LogP contribution in [0.25, 0.3) is 0 Å². The SMILES string of the molecule is C[C@@H](C(=O)O)N(C)C(=O)c1ccc(Cl)c(Cl)c1. The standard InChI is InChI=1S/C11H11Cl2NO3/c1-6(11(16)17)14(2)10(15)7-3-4-8(12)9(13)5-7/h3-6H,1-2H3,(H,16,17)/t6-/m0/s1. The Balaban J connectivity index is 2.96. The van der Waals surface area contributed by atoms with Gasteiger partial charge in [0.05, 0.1) is 10.0 Å². The fourth-order valence-corrected chi connectivity index (χ4v) is 1.47. The number of hydrogen-bond donors (Lipinski definition) is 1. The van der Waals surface area contributed by atoms with Gasteiger partial charge in [-0.1, -0.05) is 23.2 Å². The monoisotopic (exact) mass is 275 g/mol. The highest BCUT2D eigenvalue weighted by molar-refractivity contribution is 6.42. The third-order valence-corrected chi connectivity index (χ3v) is 3.16. The van der Waals surface area contributed by atoms with Gasteiger partial charge in [0.2, 0.25) is 0 Å². The Morgan fingerprint density at radius 2 is 1.88 bits per heavy atom. The lowest BCUT2D eigenvalue weighted by molar-refractivity contribution is -0.141. The number of hydrogen-bond acceptors (Lipinski definition) is 2. The second-order valence-electron chi connectivity index (χ2n) is 3.56. The molecule has 0 bridgehead atoms. The number of halogens is 2. The number of rotatable bonds is 3. The van der Waals surface area contributed by atoms with Gasteiger partial charge in [-0.2, -0.15) is 0 Å². The van der Waals surface area contributed by atoms with Crippen LogP contribution in [-0.2, 0) is 4.79 Å². The summed E-state index contributed by atoms with van der Waals surface area (Å²) < 4.78 is 0. The molecule has 4 nitrogen and oxygen atoms in total. The largest absolute Gasteiger partial charge is 0.480 e. The van der Waals surface area contributed by atoms with Crippen LogP contribution >= 0.6 is 23.2 Å². The van der Waals surface area contributed by atoms with E-state index in [1.54, 1.807) is 0 Å². The number of aliphatic carboxylic acids is 1. The van der Waals surface area contributed by atoms with Gasteiger partial charge in [0, 0.05) is 12.6 Å². The first kappa shape index (κ1) is 13.8. The number of nitrogens with zero attached hydrogens (tertiary/aromatic N) is 1. The molecule has 17 heavy (non-hydrogen) atoms. The zero-order valence-electron chi connectivity index (χ0n) is 9.28. The molecular weight excluding hydrogens is 265 g/mol. The maximum absolute atomic E-state index is 11.9. The topological polar surface area (TPSA) is 57.6 Å². The predicted octanol–water partition coefficient (Wildman–Crippen LogP) is 2.54. The number of benzene rings is 1. The average molecular weight is 276 g/mol. The fraction of sp³-hybridized carbons (Fsp3) is 0.273. The van der Waals surface area contributed by atoms with E-state index in [0.29, 0.717) is 10.6 Å². The number of carboxylic acids is 1. The van der Waals surface area contributed by atoms with Gasteiger partial charge in [-0.05, 0) is 25.1 Å². The van der Waals surface area contributed by atoms with Crippen LogP contribution in [0, 0.1) is 0 Å². The maximum atomic E-state index is 11.9. The summed E-state index contributed by atoms with van der Waals surface area (Å²) in [5, 5.41) is 9.41. The molecule has 0 radical (unpaired) electrons. The highest BCUT2D eigenvalue weighted by atomic mass is 35.5. The molecule has 92 valence electrons. The Morgan fingerprint density at radius 1 is 1.29 bits per heavy atom. The van der Waals surface area contributed by atoms with Crippen molar-refractivity contribution in [1.29, 1.82) is 0 Å². The first-order chi connectivity index (χ1) is 7.84. The minimum Gasteiger partial charge on any atom is -0.480 e. The number of carboxylic acid groups (broad SMARTS) is 1. The van der Waals surface area contributed by atoms with Crippen molar-refractivity contribution in [2.24, 2.45) is 0 Å². The third-order valence-electron chi connectivity index (χ3n) is 2.43. The van der Waals surface area contributed by atoms with E-state index < -0.39 is 17.9 Å². The zero-order valence-corrected chi connectivity index (χ0v) is 10.8.